The van der Waals surface area contributed by atoms with Gasteiger partial charge in [-0.1, -0.05) is 44.9 Å². The molecule has 2 saturated carbocycles. The summed E-state index contributed by atoms with van der Waals surface area (Å²) in [5, 5.41) is 32.3. The first-order valence-corrected chi connectivity index (χ1v) is 13.7. The van der Waals surface area contributed by atoms with Crippen molar-refractivity contribution >= 4 is 11.8 Å². The van der Waals surface area contributed by atoms with Gasteiger partial charge in [0.15, 0.2) is 5.78 Å². The highest BCUT2D eigenvalue weighted by Gasteiger charge is 2.69. The lowest BCUT2D eigenvalue weighted by Gasteiger charge is -2.62. The number of rotatable bonds is 5. The maximum atomic E-state index is 13.9. The molecular formula is C30H46O5. The maximum Gasteiger partial charge on any atom is 0.312 e. The Morgan fingerprint density at radius 3 is 2.37 bits per heavy atom. The number of carbonyl (C=O) groups excluding carboxylic acids is 1. The van der Waals surface area contributed by atoms with E-state index < -0.39 is 34.9 Å². The van der Waals surface area contributed by atoms with Gasteiger partial charge in [-0.25, -0.2) is 0 Å². The van der Waals surface area contributed by atoms with Crippen LogP contribution in [0.5, 0.6) is 0 Å². The van der Waals surface area contributed by atoms with Crippen molar-refractivity contribution in [3.05, 3.63) is 22.8 Å². The van der Waals surface area contributed by atoms with Crippen LogP contribution in [-0.2, 0) is 9.59 Å². The van der Waals surface area contributed by atoms with E-state index in [0.717, 1.165) is 49.7 Å². The first-order valence-electron chi connectivity index (χ1n) is 13.7. The van der Waals surface area contributed by atoms with Gasteiger partial charge in [0.2, 0.25) is 0 Å². The lowest BCUT2D eigenvalue weighted by atomic mass is 9.42. The average molecular weight is 487 g/mol. The number of allylic oxidation sites excluding steroid dienone is 3. The molecule has 0 saturated heterocycles. The van der Waals surface area contributed by atoms with E-state index in [2.05, 4.69) is 40.7 Å². The van der Waals surface area contributed by atoms with Crippen molar-refractivity contribution < 1.29 is 24.9 Å². The van der Waals surface area contributed by atoms with Crippen LogP contribution in [0.3, 0.4) is 0 Å². The third kappa shape index (κ3) is 3.47. The van der Waals surface area contributed by atoms with Crippen LogP contribution in [0.15, 0.2) is 22.8 Å². The van der Waals surface area contributed by atoms with E-state index in [1.165, 1.54) is 5.57 Å². The van der Waals surface area contributed by atoms with Crippen LogP contribution in [-0.4, -0.2) is 39.3 Å². The zero-order valence-electron chi connectivity index (χ0n) is 22.8. The summed E-state index contributed by atoms with van der Waals surface area (Å²) >= 11 is 0. The number of aliphatic carboxylic acids is 1. The molecular weight excluding hydrogens is 440 g/mol. The molecule has 4 aliphatic carbocycles. The summed E-state index contributed by atoms with van der Waals surface area (Å²) in [5.74, 6) is -0.559. The van der Waals surface area contributed by atoms with Crippen molar-refractivity contribution in [2.75, 3.05) is 0 Å². The molecule has 0 aromatic heterocycles. The molecule has 0 aromatic carbocycles. The summed E-state index contributed by atoms with van der Waals surface area (Å²) in [6.45, 7) is 14.9. The van der Waals surface area contributed by atoms with Crippen LogP contribution in [0, 0.1) is 39.4 Å². The van der Waals surface area contributed by atoms with Crippen LogP contribution < -0.4 is 0 Å². The van der Waals surface area contributed by atoms with Crippen molar-refractivity contribution in [2.45, 2.75) is 112 Å². The minimum absolute atomic E-state index is 0.00428. The minimum Gasteiger partial charge on any atom is -0.481 e. The second-order valence-electron chi connectivity index (χ2n) is 13.4. The molecule has 0 unspecified atom stereocenters. The van der Waals surface area contributed by atoms with Gasteiger partial charge in [-0.2, -0.15) is 0 Å². The molecule has 196 valence electrons. The number of ketones is 1. The highest BCUT2D eigenvalue weighted by atomic mass is 16.4. The second-order valence-corrected chi connectivity index (χ2v) is 13.4. The molecule has 0 radical (unpaired) electrons. The monoisotopic (exact) mass is 486 g/mol. The maximum absolute atomic E-state index is 13.9. The molecule has 2 fully saturated rings. The summed E-state index contributed by atoms with van der Waals surface area (Å²) in [7, 11) is 0. The van der Waals surface area contributed by atoms with E-state index in [9.17, 15) is 24.9 Å². The molecule has 0 heterocycles. The predicted molar refractivity (Wildman–Crippen MR) is 137 cm³/mol. The van der Waals surface area contributed by atoms with Crippen LogP contribution in [0.1, 0.15) is 99.8 Å². The Bertz CT molecular complexity index is 975. The van der Waals surface area contributed by atoms with Crippen molar-refractivity contribution in [2.24, 2.45) is 39.4 Å². The van der Waals surface area contributed by atoms with E-state index in [0.29, 0.717) is 11.8 Å². The Kier molecular flexibility index (Phi) is 6.50. The topological polar surface area (TPSA) is 94.8 Å². The number of hydrogen-bond donors (Lipinski definition) is 3. The third-order valence-electron chi connectivity index (χ3n) is 11.7. The lowest BCUT2D eigenvalue weighted by Crippen LogP contribution is -2.64. The molecule has 35 heavy (non-hydrogen) atoms. The minimum atomic E-state index is -1.46. The summed E-state index contributed by atoms with van der Waals surface area (Å²) in [6.07, 6.45) is 6.36. The van der Waals surface area contributed by atoms with Crippen LogP contribution in [0.2, 0.25) is 0 Å². The zero-order valence-corrected chi connectivity index (χ0v) is 22.8. The summed E-state index contributed by atoms with van der Waals surface area (Å²) < 4.78 is 0. The molecule has 5 nitrogen and oxygen atoms in total. The molecule has 0 aliphatic heterocycles. The van der Waals surface area contributed by atoms with Gasteiger partial charge in [-0.15, -0.1) is 0 Å². The Morgan fingerprint density at radius 1 is 1.11 bits per heavy atom. The van der Waals surface area contributed by atoms with E-state index in [1.54, 1.807) is 6.92 Å². The first-order chi connectivity index (χ1) is 16.2. The largest absolute Gasteiger partial charge is 0.481 e. The quantitative estimate of drug-likeness (QED) is 0.434. The fourth-order valence-electron chi connectivity index (χ4n) is 9.14. The highest BCUT2D eigenvalue weighted by Crippen LogP contribution is 2.71. The summed E-state index contributed by atoms with van der Waals surface area (Å²) in [5.41, 5.74) is 0.706. The van der Waals surface area contributed by atoms with E-state index in [-0.39, 0.29) is 29.5 Å². The Morgan fingerprint density at radius 2 is 1.77 bits per heavy atom. The number of carbonyl (C=O) groups is 2. The highest BCUT2D eigenvalue weighted by molar-refractivity contribution is 6.00. The van der Waals surface area contributed by atoms with E-state index >= 15 is 0 Å². The third-order valence-corrected chi connectivity index (χ3v) is 11.7. The van der Waals surface area contributed by atoms with Crippen LogP contribution in [0.4, 0.5) is 0 Å². The predicted octanol–water partition coefficient (Wildman–Crippen LogP) is 5.69. The number of aliphatic hydroxyl groups is 2. The van der Waals surface area contributed by atoms with Gasteiger partial charge in [-0.3, -0.25) is 9.59 Å². The number of carboxylic acid groups (broad SMARTS) is 1. The first kappa shape index (κ1) is 26.6. The van der Waals surface area contributed by atoms with Gasteiger partial charge in [0.1, 0.15) is 0 Å². The van der Waals surface area contributed by atoms with Gasteiger partial charge >= 0.3 is 5.97 Å². The summed E-state index contributed by atoms with van der Waals surface area (Å²) in [4.78, 5) is 26.4. The SMILES string of the molecule is CC(C)=CCC[C@@H](C)[C@H]1CC[C@@]2(C)C3=C(CC[C@]12C)[C@]1(C)[C@@H](CC3=O)[C@@](C)(C(=O)O)[C@@H](O)C[C@H]1O. The van der Waals surface area contributed by atoms with Crippen molar-refractivity contribution in [3.8, 4) is 0 Å². The van der Waals surface area contributed by atoms with Crippen molar-refractivity contribution in [1.29, 1.82) is 0 Å². The van der Waals surface area contributed by atoms with Gasteiger partial charge < -0.3 is 15.3 Å². The molecule has 0 amide bonds. The Balaban J connectivity index is 1.77. The van der Waals surface area contributed by atoms with Gasteiger partial charge in [-0.05, 0) is 82.5 Å². The van der Waals surface area contributed by atoms with Gasteiger partial charge in [0, 0.05) is 29.2 Å². The number of Topliss-reactive ketones (excluding diaryl/α,β-unsaturated/α-hetero) is 1. The smallest absolute Gasteiger partial charge is 0.312 e. The molecule has 0 bridgehead atoms. The van der Waals surface area contributed by atoms with Crippen LogP contribution in [0.25, 0.3) is 0 Å². The Hall–Kier alpha value is -1.46. The second kappa shape index (κ2) is 8.55. The van der Waals surface area contributed by atoms with Crippen molar-refractivity contribution in [1.82, 2.24) is 0 Å². The number of aliphatic hydroxyl groups excluding tert-OH is 2. The Labute approximate surface area is 211 Å². The molecule has 9 atom stereocenters. The van der Waals surface area contributed by atoms with Crippen LogP contribution >= 0.6 is 0 Å². The van der Waals surface area contributed by atoms with E-state index in [4.69, 9.17) is 0 Å². The number of hydrogen-bond acceptors (Lipinski definition) is 4. The summed E-state index contributed by atoms with van der Waals surface area (Å²) in [6, 6.07) is 0. The number of fused-ring (bicyclic) bond motifs is 4. The van der Waals surface area contributed by atoms with Gasteiger partial charge in [0.05, 0.1) is 17.6 Å². The van der Waals surface area contributed by atoms with Crippen molar-refractivity contribution in [3.63, 3.8) is 0 Å². The molecule has 3 N–H and O–H groups in total. The molecule has 0 aromatic rings. The standard InChI is InChI=1S/C30H46O5/c1-17(2)9-8-10-18(3)19-11-14-28(5)25-20(12-13-27(19,28)4)29(6)22(15-21(25)31)30(7,26(34)35)24(33)16-23(29)32/h9,18-19,22-24,32-33H,8,10-16H2,1-7H3,(H,34,35)/t18-,19-,22-,23-,24+,27-,28+,29-,30-/m1/s1. The lowest BCUT2D eigenvalue weighted by molar-refractivity contribution is -0.192. The molecule has 4 aliphatic rings. The number of carboxylic acids is 1. The molecule has 5 heteroatoms. The zero-order chi connectivity index (χ0) is 26.1. The molecule has 0 spiro atoms. The molecule has 4 rings (SSSR count). The average Bonchev–Trinajstić information content (AvgIpc) is 3.04. The normalized spacial score (nSPS) is 45.9. The van der Waals surface area contributed by atoms with Gasteiger partial charge in [0.25, 0.3) is 0 Å². The fraction of sp³-hybridized carbons (Fsp3) is 0.800. The van der Waals surface area contributed by atoms with E-state index in [1.807, 2.05) is 6.92 Å². The fourth-order valence-corrected chi connectivity index (χ4v) is 9.14.